The van der Waals surface area contributed by atoms with Crippen molar-refractivity contribution in [2.75, 3.05) is 19.0 Å². The lowest BCUT2D eigenvalue weighted by Gasteiger charge is -2.22. The maximum Gasteiger partial charge on any atom is 0.103 e. The van der Waals surface area contributed by atoms with E-state index in [1.807, 2.05) is 19.1 Å². The first-order chi connectivity index (χ1) is 15.5. The zero-order valence-electron chi connectivity index (χ0n) is 20.3. The molecular weight excluding hydrogens is 397 g/mol. The standard InChI is InChI=1S/C28H34FN.CH4O/c1-5-7-14-27(29)23-11-9-12-25-20(3)10-8-13-26(25)24(19-23)17-22-16-15-21(4)28(18-22)30-6-2;1-2/h5,7-8,10,13,15-18,30H,6,9,11-12,14,19H2,1-4H3;2H,1H3/b7-5-,24-17+,27-23+;. The Morgan fingerprint density at radius 1 is 1.09 bits per heavy atom. The number of benzene rings is 2. The molecule has 3 rings (SSSR count). The molecule has 2 aromatic carbocycles. The summed E-state index contributed by atoms with van der Waals surface area (Å²) < 4.78 is 15.0. The van der Waals surface area contributed by atoms with Gasteiger partial charge in [-0.1, -0.05) is 48.6 Å². The van der Waals surface area contributed by atoms with Crippen molar-refractivity contribution in [1.82, 2.24) is 0 Å². The Kier molecular flexibility index (Phi) is 10.4. The molecule has 0 heterocycles. The van der Waals surface area contributed by atoms with E-state index in [9.17, 15) is 4.39 Å². The maximum atomic E-state index is 15.0. The number of fused-ring (bicyclic) bond motifs is 1. The Hall–Kier alpha value is -2.65. The zero-order chi connectivity index (χ0) is 23.5. The number of rotatable bonds is 5. The topological polar surface area (TPSA) is 32.3 Å². The smallest absolute Gasteiger partial charge is 0.103 e. The number of nitrogens with one attached hydrogen (secondary N) is 1. The van der Waals surface area contributed by atoms with Crippen LogP contribution >= 0.6 is 0 Å². The van der Waals surface area contributed by atoms with Crippen molar-refractivity contribution in [3.8, 4) is 0 Å². The molecule has 0 amide bonds. The first-order valence-electron chi connectivity index (χ1n) is 11.6. The molecule has 0 unspecified atom stereocenters. The third-order valence-corrected chi connectivity index (χ3v) is 5.95. The van der Waals surface area contributed by atoms with Crippen LogP contribution in [0.5, 0.6) is 0 Å². The van der Waals surface area contributed by atoms with Crippen molar-refractivity contribution in [3.05, 3.63) is 87.8 Å². The predicted octanol–water partition coefficient (Wildman–Crippen LogP) is 7.80. The Labute approximate surface area is 193 Å². The van der Waals surface area contributed by atoms with Gasteiger partial charge in [0.1, 0.15) is 5.83 Å². The molecule has 0 atom stereocenters. The van der Waals surface area contributed by atoms with E-state index in [1.165, 1.54) is 27.8 Å². The van der Waals surface area contributed by atoms with Gasteiger partial charge in [0.2, 0.25) is 0 Å². The monoisotopic (exact) mass is 435 g/mol. The third kappa shape index (κ3) is 6.67. The van der Waals surface area contributed by atoms with E-state index >= 15 is 0 Å². The van der Waals surface area contributed by atoms with Crippen molar-refractivity contribution in [1.29, 1.82) is 0 Å². The molecule has 2 nitrogen and oxygen atoms in total. The fraction of sp³-hybridized carbons (Fsp3) is 0.379. The lowest BCUT2D eigenvalue weighted by atomic mass is 9.84. The zero-order valence-corrected chi connectivity index (χ0v) is 20.3. The molecule has 0 fully saturated rings. The van der Waals surface area contributed by atoms with E-state index < -0.39 is 0 Å². The van der Waals surface area contributed by atoms with E-state index in [4.69, 9.17) is 5.11 Å². The molecule has 0 aliphatic heterocycles. The van der Waals surface area contributed by atoms with E-state index in [0.29, 0.717) is 12.8 Å². The van der Waals surface area contributed by atoms with Crippen LogP contribution in [0.1, 0.15) is 67.3 Å². The van der Waals surface area contributed by atoms with Crippen LogP contribution in [0.2, 0.25) is 0 Å². The largest absolute Gasteiger partial charge is 0.400 e. The van der Waals surface area contributed by atoms with Gasteiger partial charge >= 0.3 is 0 Å². The molecule has 2 N–H and O–H groups in total. The fourth-order valence-corrected chi connectivity index (χ4v) is 4.26. The Morgan fingerprint density at radius 3 is 2.59 bits per heavy atom. The number of allylic oxidation sites excluding steroid dienone is 5. The van der Waals surface area contributed by atoms with Crippen molar-refractivity contribution in [3.63, 3.8) is 0 Å². The molecule has 1 aliphatic rings. The summed E-state index contributed by atoms with van der Waals surface area (Å²) in [6.45, 7) is 9.27. The molecule has 0 spiro atoms. The van der Waals surface area contributed by atoms with Gasteiger partial charge in [0.15, 0.2) is 0 Å². The first kappa shape index (κ1) is 25.6. The SMILES string of the molecule is C/C=C\C/C(F)=C1/CCCc2c(C)cccc2/C(=C/c2ccc(C)c(NCC)c2)C1.CO. The minimum Gasteiger partial charge on any atom is -0.400 e. The van der Waals surface area contributed by atoms with Crippen LogP contribution in [0.25, 0.3) is 11.6 Å². The molecule has 3 heteroatoms. The van der Waals surface area contributed by atoms with Crippen molar-refractivity contribution in [2.24, 2.45) is 0 Å². The van der Waals surface area contributed by atoms with Crippen molar-refractivity contribution in [2.45, 2.75) is 59.8 Å². The molecule has 0 bridgehead atoms. The summed E-state index contributed by atoms with van der Waals surface area (Å²) in [7, 11) is 1.00. The highest BCUT2D eigenvalue weighted by Gasteiger charge is 2.18. The van der Waals surface area contributed by atoms with Crippen molar-refractivity contribution >= 4 is 17.3 Å². The molecular formula is C29H38FNO. The Bertz CT molecular complexity index is 985. The molecule has 0 radical (unpaired) electrons. The molecule has 0 aromatic heterocycles. The molecule has 32 heavy (non-hydrogen) atoms. The van der Waals surface area contributed by atoms with Gasteiger partial charge < -0.3 is 10.4 Å². The summed E-state index contributed by atoms with van der Waals surface area (Å²) in [5.41, 5.74) is 9.75. The number of aliphatic hydroxyl groups excluding tert-OH is 1. The quantitative estimate of drug-likeness (QED) is 0.470. The predicted molar refractivity (Wildman–Crippen MR) is 138 cm³/mol. The normalized spacial score (nSPS) is 16.7. The van der Waals surface area contributed by atoms with Gasteiger partial charge in [0, 0.05) is 25.8 Å². The highest BCUT2D eigenvalue weighted by Crippen LogP contribution is 2.36. The highest BCUT2D eigenvalue weighted by atomic mass is 19.1. The highest BCUT2D eigenvalue weighted by molar-refractivity contribution is 5.85. The molecule has 2 aromatic rings. The summed E-state index contributed by atoms with van der Waals surface area (Å²) in [6, 6.07) is 13.1. The van der Waals surface area contributed by atoms with Crippen LogP contribution < -0.4 is 5.32 Å². The van der Waals surface area contributed by atoms with Gasteiger partial charge in [-0.15, -0.1) is 0 Å². The summed E-state index contributed by atoms with van der Waals surface area (Å²) in [6.07, 6.45) is 9.98. The number of halogens is 1. The van der Waals surface area contributed by atoms with Gasteiger partial charge in [0.05, 0.1) is 0 Å². The second-order valence-electron chi connectivity index (χ2n) is 8.19. The van der Waals surface area contributed by atoms with Gasteiger partial charge in [-0.3, -0.25) is 0 Å². The Balaban J connectivity index is 0.00000176. The van der Waals surface area contributed by atoms with Crippen LogP contribution in [-0.2, 0) is 6.42 Å². The lowest BCUT2D eigenvalue weighted by Crippen LogP contribution is -2.04. The minimum atomic E-state index is 0.0346. The van der Waals surface area contributed by atoms with Gasteiger partial charge in [-0.2, -0.15) is 0 Å². The van der Waals surface area contributed by atoms with E-state index in [1.54, 1.807) is 0 Å². The number of hydrogen-bond donors (Lipinski definition) is 2. The summed E-state index contributed by atoms with van der Waals surface area (Å²) >= 11 is 0. The first-order valence-corrected chi connectivity index (χ1v) is 11.6. The number of anilines is 1. The maximum absolute atomic E-state index is 15.0. The van der Waals surface area contributed by atoms with E-state index in [0.717, 1.165) is 49.7 Å². The average molecular weight is 436 g/mol. The average Bonchev–Trinajstić information content (AvgIpc) is 2.79. The fourth-order valence-electron chi connectivity index (χ4n) is 4.26. The number of hydrogen-bond acceptors (Lipinski definition) is 2. The summed E-state index contributed by atoms with van der Waals surface area (Å²) in [4.78, 5) is 0. The second-order valence-corrected chi connectivity index (χ2v) is 8.19. The molecule has 1 aliphatic carbocycles. The number of aryl methyl sites for hydroxylation is 2. The van der Waals surface area contributed by atoms with E-state index in [-0.39, 0.29) is 5.83 Å². The Morgan fingerprint density at radius 2 is 1.88 bits per heavy atom. The summed E-state index contributed by atoms with van der Waals surface area (Å²) in [5.74, 6) is 0.0346. The van der Waals surface area contributed by atoms with Gasteiger partial charge in [-0.05, 0) is 98.4 Å². The van der Waals surface area contributed by atoms with Crippen LogP contribution in [0, 0.1) is 13.8 Å². The van der Waals surface area contributed by atoms with Crippen LogP contribution in [-0.4, -0.2) is 18.8 Å². The van der Waals surface area contributed by atoms with Crippen LogP contribution in [0.3, 0.4) is 0 Å². The second kappa shape index (κ2) is 13.0. The summed E-state index contributed by atoms with van der Waals surface area (Å²) in [5, 5.41) is 10.4. The van der Waals surface area contributed by atoms with Gasteiger partial charge in [-0.25, -0.2) is 4.39 Å². The molecule has 172 valence electrons. The van der Waals surface area contributed by atoms with Crippen LogP contribution in [0.15, 0.2) is 60.0 Å². The molecule has 0 saturated carbocycles. The molecule has 0 saturated heterocycles. The van der Waals surface area contributed by atoms with Crippen LogP contribution in [0.4, 0.5) is 10.1 Å². The van der Waals surface area contributed by atoms with Crippen molar-refractivity contribution < 1.29 is 9.50 Å². The lowest BCUT2D eigenvalue weighted by molar-refractivity contribution is 0.399. The van der Waals surface area contributed by atoms with E-state index in [2.05, 4.69) is 68.6 Å². The third-order valence-electron chi connectivity index (χ3n) is 5.95. The van der Waals surface area contributed by atoms with Gasteiger partial charge in [0.25, 0.3) is 0 Å². The minimum absolute atomic E-state index is 0.0346. The number of aliphatic hydroxyl groups is 1.